The maximum absolute atomic E-state index is 11.6. The molecule has 0 radical (unpaired) electrons. The summed E-state index contributed by atoms with van der Waals surface area (Å²) in [6.07, 6.45) is 1.67. The molecular weight excluding hydrogens is 479 g/mol. The van der Waals surface area contributed by atoms with Gasteiger partial charge in [-0.05, 0) is 54.5 Å². The van der Waals surface area contributed by atoms with Crippen LogP contribution in [0.3, 0.4) is 0 Å². The lowest BCUT2D eigenvalue weighted by atomic mass is 10.1. The van der Waals surface area contributed by atoms with Crippen molar-refractivity contribution in [2.45, 2.75) is 13.5 Å². The second-order valence-electron chi connectivity index (χ2n) is 6.80. The van der Waals surface area contributed by atoms with Gasteiger partial charge in [0.2, 0.25) is 0 Å². The van der Waals surface area contributed by atoms with Gasteiger partial charge in [0.25, 0.3) is 0 Å². The largest absolute Gasteiger partial charge is 0.423 e. The predicted octanol–water partition coefficient (Wildman–Crippen LogP) is 6.12. The fourth-order valence-electron chi connectivity index (χ4n) is 3.06. The first kappa shape index (κ1) is 21.6. The Morgan fingerprint density at radius 1 is 1.10 bits per heavy atom. The molecule has 0 bridgehead atoms. The molecule has 0 aliphatic heterocycles. The third kappa shape index (κ3) is 5.02. The Labute approximate surface area is 197 Å². The molecule has 0 atom stereocenters. The van der Waals surface area contributed by atoms with Crippen molar-refractivity contribution in [3.63, 3.8) is 0 Å². The second-order valence-corrected chi connectivity index (χ2v) is 8.46. The van der Waals surface area contributed by atoms with Gasteiger partial charge in [-0.25, -0.2) is 4.79 Å². The lowest BCUT2D eigenvalue weighted by molar-refractivity contribution is 0.560. The van der Waals surface area contributed by atoms with Crippen molar-refractivity contribution in [2.75, 3.05) is 10.6 Å². The van der Waals surface area contributed by atoms with Gasteiger partial charge in [0.05, 0.1) is 6.54 Å². The van der Waals surface area contributed by atoms with Gasteiger partial charge in [0.15, 0.2) is 10.9 Å². The SMILES string of the molecule is Cc1cc(=O)oc2cc(NC(=S)Nc3nn(Cc4ccc(Cl)cc4Cl)cc3Cl)ccc12. The zero-order valence-electron chi connectivity index (χ0n) is 16.1. The van der Waals surface area contributed by atoms with E-state index in [-0.39, 0.29) is 5.11 Å². The summed E-state index contributed by atoms with van der Waals surface area (Å²) in [4.78, 5) is 11.6. The maximum Gasteiger partial charge on any atom is 0.336 e. The second kappa shape index (κ2) is 8.88. The van der Waals surface area contributed by atoms with E-state index in [4.69, 9.17) is 51.4 Å². The Morgan fingerprint density at radius 2 is 1.90 bits per heavy atom. The lowest BCUT2D eigenvalue weighted by Gasteiger charge is -2.10. The lowest BCUT2D eigenvalue weighted by Crippen LogP contribution is -2.19. The van der Waals surface area contributed by atoms with E-state index in [0.29, 0.717) is 38.7 Å². The van der Waals surface area contributed by atoms with E-state index in [0.717, 1.165) is 16.5 Å². The zero-order chi connectivity index (χ0) is 22.1. The molecule has 0 spiro atoms. The van der Waals surface area contributed by atoms with E-state index in [1.54, 1.807) is 29.1 Å². The van der Waals surface area contributed by atoms with E-state index in [1.807, 2.05) is 25.1 Å². The molecule has 10 heteroatoms. The number of thiocarbonyl (C=S) groups is 1. The van der Waals surface area contributed by atoms with Crippen molar-refractivity contribution in [1.29, 1.82) is 0 Å². The average molecular weight is 494 g/mol. The first-order valence-corrected chi connectivity index (χ1v) is 10.6. The van der Waals surface area contributed by atoms with Gasteiger partial charge in [-0.1, -0.05) is 40.9 Å². The number of benzene rings is 2. The number of nitrogens with one attached hydrogen (secondary N) is 2. The first-order chi connectivity index (χ1) is 14.8. The summed E-state index contributed by atoms with van der Waals surface area (Å²) in [7, 11) is 0. The molecule has 31 heavy (non-hydrogen) atoms. The highest BCUT2D eigenvalue weighted by Gasteiger charge is 2.11. The van der Waals surface area contributed by atoms with Crippen LogP contribution in [0.25, 0.3) is 11.0 Å². The van der Waals surface area contributed by atoms with Crippen LogP contribution in [0.15, 0.2) is 57.9 Å². The van der Waals surface area contributed by atoms with Crippen molar-refractivity contribution in [3.05, 3.63) is 85.3 Å². The number of nitrogens with zero attached hydrogens (tertiary/aromatic N) is 2. The Balaban J connectivity index is 1.47. The third-order valence-electron chi connectivity index (χ3n) is 4.51. The highest BCUT2D eigenvalue weighted by molar-refractivity contribution is 7.80. The molecule has 0 fully saturated rings. The number of halogens is 3. The number of hydrogen-bond donors (Lipinski definition) is 2. The molecule has 6 nitrogen and oxygen atoms in total. The molecule has 0 saturated carbocycles. The van der Waals surface area contributed by atoms with Crippen LogP contribution in [0.5, 0.6) is 0 Å². The number of aryl methyl sites for hydroxylation is 1. The van der Waals surface area contributed by atoms with Gasteiger partial charge in [-0.2, -0.15) is 5.10 Å². The van der Waals surface area contributed by atoms with E-state index in [9.17, 15) is 4.79 Å². The van der Waals surface area contributed by atoms with Gasteiger partial charge < -0.3 is 15.1 Å². The van der Waals surface area contributed by atoms with Crippen molar-refractivity contribution >= 4 is 74.6 Å². The molecular formula is C21H15Cl3N4O2S. The molecule has 2 aromatic heterocycles. The standard InChI is InChI=1S/C21H15Cl3N4O2S/c1-11-6-19(29)30-18-8-14(4-5-15(11)18)25-21(31)26-20-17(24)10-28(27-20)9-12-2-3-13(22)7-16(12)23/h2-8,10H,9H2,1H3,(H2,25,26,27,31). The summed E-state index contributed by atoms with van der Waals surface area (Å²) >= 11 is 23.8. The first-order valence-electron chi connectivity index (χ1n) is 9.08. The van der Waals surface area contributed by atoms with Crippen LogP contribution in [0, 0.1) is 6.92 Å². The molecule has 2 N–H and O–H groups in total. The molecule has 0 unspecified atom stereocenters. The monoisotopic (exact) mass is 492 g/mol. The van der Waals surface area contributed by atoms with Crippen LogP contribution in [-0.4, -0.2) is 14.9 Å². The number of rotatable bonds is 4. The minimum atomic E-state index is -0.402. The van der Waals surface area contributed by atoms with Gasteiger partial charge >= 0.3 is 5.63 Å². The minimum Gasteiger partial charge on any atom is -0.423 e. The molecule has 4 rings (SSSR count). The van der Waals surface area contributed by atoms with E-state index in [1.165, 1.54) is 6.07 Å². The number of hydrogen-bond acceptors (Lipinski definition) is 4. The zero-order valence-corrected chi connectivity index (χ0v) is 19.2. The van der Waals surface area contributed by atoms with Crippen molar-refractivity contribution in [1.82, 2.24) is 9.78 Å². The van der Waals surface area contributed by atoms with E-state index >= 15 is 0 Å². The summed E-state index contributed by atoms with van der Waals surface area (Å²) < 4.78 is 6.91. The van der Waals surface area contributed by atoms with Crippen molar-refractivity contribution < 1.29 is 4.42 Å². The van der Waals surface area contributed by atoms with Crippen LogP contribution in [0.4, 0.5) is 11.5 Å². The smallest absolute Gasteiger partial charge is 0.336 e. The summed E-state index contributed by atoms with van der Waals surface area (Å²) in [5, 5.41) is 13.1. The van der Waals surface area contributed by atoms with E-state index < -0.39 is 5.63 Å². The highest BCUT2D eigenvalue weighted by Crippen LogP contribution is 2.25. The molecule has 4 aromatic rings. The van der Waals surface area contributed by atoms with E-state index in [2.05, 4.69) is 15.7 Å². The Bertz CT molecular complexity index is 1370. The van der Waals surface area contributed by atoms with Crippen molar-refractivity contribution in [2.24, 2.45) is 0 Å². The average Bonchev–Trinajstić information content (AvgIpc) is 3.02. The maximum atomic E-state index is 11.6. The molecule has 2 aromatic carbocycles. The van der Waals surface area contributed by atoms with Gasteiger partial charge in [-0.3, -0.25) is 4.68 Å². The molecule has 0 saturated heterocycles. The molecule has 0 amide bonds. The van der Waals surface area contributed by atoms with Crippen LogP contribution in [0.1, 0.15) is 11.1 Å². The summed E-state index contributed by atoms with van der Waals surface area (Å²) in [5.41, 5.74) is 2.42. The molecule has 2 heterocycles. The topological polar surface area (TPSA) is 72.1 Å². The van der Waals surface area contributed by atoms with Crippen molar-refractivity contribution in [3.8, 4) is 0 Å². The van der Waals surface area contributed by atoms with Gasteiger partial charge in [0.1, 0.15) is 10.6 Å². The number of anilines is 2. The highest BCUT2D eigenvalue weighted by atomic mass is 35.5. The number of aromatic nitrogens is 2. The third-order valence-corrected chi connectivity index (χ3v) is 5.57. The Hall–Kier alpha value is -2.58. The Kier molecular flexibility index (Phi) is 6.20. The summed E-state index contributed by atoms with van der Waals surface area (Å²) in [6.45, 7) is 2.27. The fraction of sp³-hybridized carbons (Fsp3) is 0.0952. The minimum absolute atomic E-state index is 0.283. The fourth-order valence-corrected chi connectivity index (χ4v) is 3.94. The van der Waals surface area contributed by atoms with Crippen LogP contribution >= 0.6 is 47.0 Å². The summed E-state index contributed by atoms with van der Waals surface area (Å²) in [6, 6.07) is 12.1. The Morgan fingerprint density at radius 3 is 2.68 bits per heavy atom. The molecule has 0 aliphatic rings. The predicted molar refractivity (Wildman–Crippen MR) is 130 cm³/mol. The van der Waals surface area contributed by atoms with Gasteiger partial charge in [0, 0.05) is 39.4 Å². The summed E-state index contributed by atoms with van der Waals surface area (Å²) in [5.74, 6) is 0.396. The molecule has 0 aliphatic carbocycles. The van der Waals surface area contributed by atoms with Crippen LogP contribution in [-0.2, 0) is 6.54 Å². The molecule has 158 valence electrons. The normalized spacial score (nSPS) is 11.0. The van der Waals surface area contributed by atoms with Gasteiger partial charge in [-0.15, -0.1) is 0 Å². The number of fused-ring (bicyclic) bond motifs is 1. The van der Waals surface area contributed by atoms with Crippen LogP contribution in [0.2, 0.25) is 15.1 Å². The quantitative estimate of drug-likeness (QED) is 0.264. The van der Waals surface area contributed by atoms with Crippen LogP contribution < -0.4 is 16.3 Å².